The van der Waals surface area contributed by atoms with Crippen LogP contribution in [0.5, 0.6) is 0 Å². The van der Waals surface area contributed by atoms with Crippen LogP contribution in [-0.2, 0) is 21.1 Å². The van der Waals surface area contributed by atoms with Crippen LogP contribution in [0.25, 0.3) is 5.78 Å². The molecule has 0 unspecified atom stereocenters. The van der Waals surface area contributed by atoms with E-state index in [1.807, 2.05) is 20.8 Å². The van der Waals surface area contributed by atoms with Crippen molar-refractivity contribution in [2.24, 2.45) is 0 Å². The molecule has 0 bridgehead atoms. The quantitative estimate of drug-likeness (QED) is 0.718. The van der Waals surface area contributed by atoms with E-state index in [1.165, 1.54) is 18.5 Å². The minimum Gasteiger partial charge on any atom is -0.326 e. The maximum atomic E-state index is 12.4. The number of sulfone groups is 1. The molecule has 3 rings (SSSR count). The van der Waals surface area contributed by atoms with Crippen molar-refractivity contribution in [3.8, 4) is 0 Å². The highest BCUT2D eigenvalue weighted by Gasteiger charge is 2.14. The number of fused-ring (bicyclic) bond motifs is 1. The summed E-state index contributed by atoms with van der Waals surface area (Å²) in [7, 11) is -3.33. The van der Waals surface area contributed by atoms with Gasteiger partial charge in [-0.25, -0.2) is 17.9 Å². The van der Waals surface area contributed by atoms with Crippen LogP contribution in [0.4, 0.5) is 5.69 Å². The molecule has 0 fully saturated rings. The van der Waals surface area contributed by atoms with Crippen LogP contribution in [0.3, 0.4) is 0 Å². The number of rotatable bonds is 5. The molecule has 1 amide bonds. The summed E-state index contributed by atoms with van der Waals surface area (Å²) in [4.78, 5) is 21.1. The Hall–Kier alpha value is -2.81. The molecule has 8 nitrogen and oxygen atoms in total. The molecule has 0 radical (unpaired) electrons. The van der Waals surface area contributed by atoms with E-state index in [4.69, 9.17) is 0 Å². The molecule has 142 valence electrons. The lowest BCUT2D eigenvalue weighted by Gasteiger charge is -2.12. The minimum atomic E-state index is -3.33. The summed E-state index contributed by atoms with van der Waals surface area (Å²) >= 11 is 0. The van der Waals surface area contributed by atoms with E-state index in [0.717, 1.165) is 28.8 Å². The number of benzene rings is 1. The summed E-state index contributed by atoms with van der Waals surface area (Å²) in [5.41, 5.74) is 3.97. The second-order valence-electron chi connectivity index (χ2n) is 6.53. The van der Waals surface area contributed by atoms with E-state index < -0.39 is 9.84 Å². The Bertz CT molecular complexity index is 1140. The van der Waals surface area contributed by atoms with Crippen LogP contribution in [0, 0.1) is 20.8 Å². The van der Waals surface area contributed by atoms with Gasteiger partial charge in [0, 0.05) is 29.8 Å². The largest absolute Gasteiger partial charge is 0.326 e. The average Bonchev–Trinajstić information content (AvgIpc) is 3.04. The summed E-state index contributed by atoms with van der Waals surface area (Å²) in [6.07, 6.45) is 3.33. The fourth-order valence-corrected chi connectivity index (χ4v) is 3.58. The first-order valence-corrected chi connectivity index (χ1v) is 10.3. The topological polar surface area (TPSA) is 106 Å². The zero-order valence-corrected chi connectivity index (χ0v) is 16.5. The second-order valence-corrected chi connectivity index (χ2v) is 8.55. The summed E-state index contributed by atoms with van der Waals surface area (Å²) < 4.78 is 25.1. The highest BCUT2D eigenvalue weighted by molar-refractivity contribution is 7.90. The third kappa shape index (κ3) is 3.97. The Balaban J connectivity index is 1.76. The van der Waals surface area contributed by atoms with Crippen molar-refractivity contribution in [3.05, 3.63) is 47.0 Å². The molecule has 0 aliphatic heterocycles. The van der Waals surface area contributed by atoms with Gasteiger partial charge in [-0.2, -0.15) is 10.1 Å². The van der Waals surface area contributed by atoms with E-state index in [-0.39, 0.29) is 17.2 Å². The lowest BCUT2D eigenvalue weighted by molar-refractivity contribution is -0.116. The van der Waals surface area contributed by atoms with Crippen molar-refractivity contribution in [2.45, 2.75) is 38.5 Å². The average molecular weight is 387 g/mol. The second kappa shape index (κ2) is 7.07. The Morgan fingerprint density at radius 1 is 1.22 bits per heavy atom. The fraction of sp³-hybridized carbons (Fsp3) is 0.333. The Kier molecular flexibility index (Phi) is 4.97. The van der Waals surface area contributed by atoms with E-state index in [1.54, 1.807) is 10.6 Å². The Labute approximate surface area is 157 Å². The van der Waals surface area contributed by atoms with Gasteiger partial charge in [0.15, 0.2) is 9.84 Å². The number of nitrogens with one attached hydrogen (secondary N) is 1. The molecule has 0 saturated carbocycles. The number of aromatic nitrogens is 4. The minimum absolute atomic E-state index is 0.177. The molecule has 2 heterocycles. The Morgan fingerprint density at radius 2 is 1.96 bits per heavy atom. The summed E-state index contributed by atoms with van der Waals surface area (Å²) in [6.45, 7) is 5.62. The normalized spacial score (nSPS) is 11.7. The van der Waals surface area contributed by atoms with Crippen molar-refractivity contribution in [2.75, 3.05) is 11.6 Å². The van der Waals surface area contributed by atoms with Gasteiger partial charge in [-0.3, -0.25) is 4.79 Å². The van der Waals surface area contributed by atoms with Gasteiger partial charge in [-0.15, -0.1) is 0 Å². The van der Waals surface area contributed by atoms with Crippen molar-refractivity contribution in [1.82, 2.24) is 19.6 Å². The highest BCUT2D eigenvalue weighted by atomic mass is 32.2. The zero-order chi connectivity index (χ0) is 19.8. The summed E-state index contributed by atoms with van der Waals surface area (Å²) in [5, 5.41) is 6.95. The lowest BCUT2D eigenvalue weighted by atomic mass is 10.1. The highest BCUT2D eigenvalue weighted by Crippen LogP contribution is 2.21. The van der Waals surface area contributed by atoms with E-state index in [2.05, 4.69) is 20.4 Å². The van der Waals surface area contributed by atoms with Crippen molar-refractivity contribution < 1.29 is 13.2 Å². The molecular formula is C18H21N5O3S. The standard InChI is InChI=1S/C18H21N5O3S/c1-11-5-6-14(27(4,25)26)9-16(11)22-17(24)8-7-15-12(2)21-18-19-10-20-23(18)13(15)3/h5-6,9-10H,7-8H2,1-4H3,(H,22,24). The molecule has 0 spiro atoms. The van der Waals surface area contributed by atoms with Gasteiger partial charge in [-0.05, 0) is 50.5 Å². The first kappa shape index (κ1) is 19.0. The molecule has 1 aromatic carbocycles. The van der Waals surface area contributed by atoms with Gasteiger partial charge in [0.05, 0.1) is 4.90 Å². The zero-order valence-electron chi connectivity index (χ0n) is 15.6. The number of carbonyl (C=O) groups excluding carboxylic acids is 1. The maximum Gasteiger partial charge on any atom is 0.252 e. The molecule has 1 N–H and O–H groups in total. The first-order chi connectivity index (χ1) is 12.7. The van der Waals surface area contributed by atoms with Crippen LogP contribution < -0.4 is 5.32 Å². The van der Waals surface area contributed by atoms with Gasteiger partial charge in [0.1, 0.15) is 6.33 Å². The third-order valence-electron chi connectivity index (χ3n) is 4.50. The molecule has 2 aromatic heterocycles. The fourth-order valence-electron chi connectivity index (χ4n) is 2.93. The molecule has 3 aromatic rings. The molecule has 27 heavy (non-hydrogen) atoms. The van der Waals surface area contributed by atoms with Gasteiger partial charge in [0.2, 0.25) is 5.91 Å². The summed E-state index contributed by atoms with van der Waals surface area (Å²) in [6, 6.07) is 4.71. The van der Waals surface area contributed by atoms with Crippen LogP contribution in [0.15, 0.2) is 29.4 Å². The van der Waals surface area contributed by atoms with Crippen molar-refractivity contribution in [1.29, 1.82) is 0 Å². The molecule has 0 aliphatic carbocycles. The number of nitrogens with zero attached hydrogens (tertiary/aromatic N) is 4. The lowest BCUT2D eigenvalue weighted by Crippen LogP contribution is -2.15. The number of carbonyl (C=O) groups is 1. The van der Waals surface area contributed by atoms with Gasteiger partial charge in [-0.1, -0.05) is 6.07 Å². The Morgan fingerprint density at radius 3 is 2.67 bits per heavy atom. The number of aryl methyl sites for hydroxylation is 3. The summed E-state index contributed by atoms with van der Waals surface area (Å²) in [5.74, 6) is 0.340. The smallest absolute Gasteiger partial charge is 0.252 e. The van der Waals surface area contributed by atoms with Crippen LogP contribution >= 0.6 is 0 Å². The molecule has 0 saturated heterocycles. The molecular weight excluding hydrogens is 366 g/mol. The van der Waals surface area contributed by atoms with Crippen molar-refractivity contribution >= 4 is 27.2 Å². The van der Waals surface area contributed by atoms with Gasteiger partial charge in [0.25, 0.3) is 5.78 Å². The maximum absolute atomic E-state index is 12.4. The SMILES string of the molecule is Cc1ccc(S(C)(=O)=O)cc1NC(=O)CCc1c(C)nc2ncnn2c1C. The number of hydrogen-bond acceptors (Lipinski definition) is 6. The molecule has 9 heteroatoms. The van der Waals surface area contributed by atoms with Crippen LogP contribution in [-0.4, -0.2) is 40.2 Å². The molecule has 0 atom stereocenters. The predicted molar refractivity (Wildman–Crippen MR) is 101 cm³/mol. The number of hydrogen-bond donors (Lipinski definition) is 1. The molecule has 0 aliphatic rings. The van der Waals surface area contributed by atoms with E-state index in [0.29, 0.717) is 17.9 Å². The van der Waals surface area contributed by atoms with Crippen LogP contribution in [0.2, 0.25) is 0 Å². The van der Waals surface area contributed by atoms with Crippen molar-refractivity contribution in [3.63, 3.8) is 0 Å². The van der Waals surface area contributed by atoms with Crippen LogP contribution in [0.1, 0.15) is 28.9 Å². The van der Waals surface area contributed by atoms with E-state index in [9.17, 15) is 13.2 Å². The van der Waals surface area contributed by atoms with E-state index >= 15 is 0 Å². The van der Waals surface area contributed by atoms with Gasteiger partial charge >= 0.3 is 0 Å². The van der Waals surface area contributed by atoms with Gasteiger partial charge < -0.3 is 5.32 Å². The predicted octanol–water partition coefficient (Wildman–Crippen LogP) is 2.02. The third-order valence-corrected chi connectivity index (χ3v) is 5.61. The monoisotopic (exact) mass is 387 g/mol. The number of anilines is 1. The number of amides is 1. The first-order valence-electron chi connectivity index (χ1n) is 8.43.